The smallest absolute Gasteiger partial charge is 0.407 e. The van der Waals surface area contributed by atoms with Gasteiger partial charge >= 0.3 is 12.2 Å². The summed E-state index contributed by atoms with van der Waals surface area (Å²) in [4.78, 5) is 58.3. The Morgan fingerprint density at radius 1 is 0.871 bits per heavy atom. The fourth-order valence-electron chi connectivity index (χ4n) is 9.27. The molecule has 7 atom stereocenters. The number of aliphatic hydroxyl groups is 1. The monoisotopic (exact) mass is 851 g/mol. The number of likely N-dealkylation sites (tertiary alicyclic amines) is 2. The van der Waals surface area contributed by atoms with Crippen LogP contribution in [-0.2, 0) is 19.0 Å². The van der Waals surface area contributed by atoms with Crippen molar-refractivity contribution in [3.05, 3.63) is 66.5 Å². The summed E-state index contributed by atoms with van der Waals surface area (Å²) in [6.07, 6.45) is 4.65. The van der Waals surface area contributed by atoms with Gasteiger partial charge in [0, 0.05) is 48.7 Å². The third kappa shape index (κ3) is 7.99. The summed E-state index contributed by atoms with van der Waals surface area (Å²) >= 11 is 0. The van der Waals surface area contributed by atoms with Crippen LogP contribution in [0.2, 0.25) is 0 Å². The number of rotatable bonds is 13. The van der Waals surface area contributed by atoms with Gasteiger partial charge in [0.2, 0.25) is 5.91 Å². The molecule has 0 aliphatic carbocycles. The number of H-pyrrole nitrogens is 2. The predicted octanol–water partition coefficient (Wildman–Crippen LogP) is 6.65. The number of benzene rings is 2. The molecule has 6 heterocycles. The van der Waals surface area contributed by atoms with Gasteiger partial charge in [-0.1, -0.05) is 32.9 Å². The maximum atomic E-state index is 13.8. The first-order valence-corrected chi connectivity index (χ1v) is 21.5. The molecule has 8 rings (SSSR count). The zero-order valence-electron chi connectivity index (χ0n) is 36.3. The van der Waals surface area contributed by atoms with Crippen LogP contribution in [0.15, 0.2) is 54.9 Å². The second-order valence-corrected chi connectivity index (χ2v) is 16.7. The fraction of sp³-hybridized carbons (Fsp3) is 0.489. The summed E-state index contributed by atoms with van der Waals surface area (Å²) in [5.41, 5.74) is 6.66. The van der Waals surface area contributed by atoms with Crippen molar-refractivity contribution in [2.75, 3.05) is 34.4 Å². The van der Waals surface area contributed by atoms with Crippen molar-refractivity contribution >= 4 is 29.0 Å². The van der Waals surface area contributed by atoms with Crippen LogP contribution in [0.4, 0.5) is 9.59 Å². The van der Waals surface area contributed by atoms with E-state index in [2.05, 4.69) is 74.6 Å². The number of aromatic nitrogens is 5. The van der Waals surface area contributed by atoms with Crippen molar-refractivity contribution in [1.82, 2.24) is 44.9 Å². The number of fused-ring (bicyclic) bond motifs is 5. The molecule has 3 aromatic heterocycles. The molecule has 0 radical (unpaired) electrons. The van der Waals surface area contributed by atoms with Crippen LogP contribution in [0.5, 0.6) is 5.75 Å². The predicted molar refractivity (Wildman–Crippen MR) is 231 cm³/mol. The van der Waals surface area contributed by atoms with Gasteiger partial charge in [0.25, 0.3) is 0 Å². The molecule has 5 N–H and O–H groups in total. The SMILES string of the molecule is CCC1Oc2cc(-c3cnc(C4CCCN4C(O)C(NC(=O)OC)C(C)C)[nH]3)ccc2-c2cc3cc(-c4cnc(C5CCCN5C(=O)C(NC(=O)OC)C(C)OC)[nH]4)ccc3n21. The van der Waals surface area contributed by atoms with Crippen molar-refractivity contribution in [3.8, 4) is 39.5 Å². The molecule has 5 aromatic rings. The standard InChI is InChI=1S/C45H57N9O8/c1-8-37-54-32-16-14-26(30-22-46-41(48-30)34-12-10-18-53(34)43(56)39(25(4)59-5)51-45(58)61-7)19-28(32)20-35(54)29-15-13-27(21-36(29)62-37)31-23-47-40(49-31)33-11-9-17-52(33)42(55)38(24(2)3)50-44(57)60-6/h13-16,19-25,33-34,37-39,42,55H,8-12,17-18H2,1-7H3,(H,46,48)(H,47,49)(H,50,57)(H,51,58). The van der Waals surface area contributed by atoms with Crippen LogP contribution >= 0.6 is 0 Å². The second kappa shape index (κ2) is 17.8. The number of carbonyl (C=O) groups excluding carboxylic acids is 3. The van der Waals surface area contributed by atoms with Gasteiger partial charge in [-0.15, -0.1) is 0 Å². The molecular weight excluding hydrogens is 795 g/mol. The molecule has 2 aromatic carbocycles. The molecule has 0 saturated carbocycles. The first-order valence-electron chi connectivity index (χ1n) is 21.5. The number of hydrogen-bond acceptors (Lipinski definition) is 11. The summed E-state index contributed by atoms with van der Waals surface area (Å²) in [7, 11) is 4.08. The number of nitrogens with one attached hydrogen (secondary N) is 4. The van der Waals surface area contributed by atoms with E-state index in [9.17, 15) is 19.5 Å². The van der Waals surface area contributed by atoms with E-state index in [-0.39, 0.29) is 30.1 Å². The van der Waals surface area contributed by atoms with E-state index in [1.165, 1.54) is 21.3 Å². The van der Waals surface area contributed by atoms with Crippen molar-refractivity contribution < 1.29 is 38.4 Å². The fourth-order valence-corrected chi connectivity index (χ4v) is 9.27. The number of nitrogens with zero attached hydrogens (tertiary/aromatic N) is 5. The molecule has 0 spiro atoms. The van der Waals surface area contributed by atoms with E-state index >= 15 is 0 Å². The van der Waals surface area contributed by atoms with Gasteiger partial charge in [0.05, 0.1) is 73.4 Å². The van der Waals surface area contributed by atoms with Crippen molar-refractivity contribution in [2.24, 2.45) is 5.92 Å². The molecule has 17 heteroatoms. The van der Waals surface area contributed by atoms with E-state index in [1.54, 1.807) is 11.8 Å². The van der Waals surface area contributed by atoms with E-state index in [0.717, 1.165) is 88.4 Å². The minimum atomic E-state index is -0.916. The molecule has 17 nitrogen and oxygen atoms in total. The summed E-state index contributed by atoms with van der Waals surface area (Å²) < 4.78 is 24.0. The third-order valence-corrected chi connectivity index (χ3v) is 12.7. The zero-order chi connectivity index (χ0) is 43.8. The minimum Gasteiger partial charge on any atom is -0.469 e. The summed E-state index contributed by atoms with van der Waals surface area (Å²) in [6.45, 7) is 8.98. The zero-order valence-corrected chi connectivity index (χ0v) is 36.3. The molecule has 3 amide bonds. The molecule has 330 valence electrons. The Morgan fingerprint density at radius 3 is 2.19 bits per heavy atom. The van der Waals surface area contributed by atoms with E-state index in [0.29, 0.717) is 18.9 Å². The number of imidazole rings is 2. The van der Waals surface area contributed by atoms with E-state index in [1.807, 2.05) is 31.1 Å². The van der Waals surface area contributed by atoms with Crippen LogP contribution < -0.4 is 15.4 Å². The Hall–Kier alpha value is -5.91. The highest BCUT2D eigenvalue weighted by Crippen LogP contribution is 2.45. The topological polar surface area (TPSA) is 201 Å². The average Bonchev–Trinajstić information content (AvgIpc) is 4.14. The molecule has 62 heavy (non-hydrogen) atoms. The minimum absolute atomic E-state index is 0.0246. The van der Waals surface area contributed by atoms with Gasteiger partial charge in [-0.2, -0.15) is 0 Å². The van der Waals surface area contributed by atoms with Crippen molar-refractivity contribution in [3.63, 3.8) is 0 Å². The number of alkyl carbamates (subject to hydrolysis) is 2. The van der Waals surface area contributed by atoms with Gasteiger partial charge in [-0.3, -0.25) is 9.69 Å². The number of aromatic amines is 2. The largest absolute Gasteiger partial charge is 0.469 e. The average molecular weight is 852 g/mol. The first kappa shape index (κ1) is 42.8. The molecule has 2 fully saturated rings. The van der Waals surface area contributed by atoms with Crippen LogP contribution in [0.25, 0.3) is 44.7 Å². The lowest BCUT2D eigenvalue weighted by Gasteiger charge is -2.35. The Balaban J connectivity index is 1.02. The summed E-state index contributed by atoms with van der Waals surface area (Å²) in [5, 5.41) is 18.0. The lowest BCUT2D eigenvalue weighted by Crippen LogP contribution is -2.54. The molecule has 3 aliphatic heterocycles. The van der Waals surface area contributed by atoms with Crippen molar-refractivity contribution in [2.45, 2.75) is 103 Å². The van der Waals surface area contributed by atoms with Gasteiger partial charge in [-0.05, 0) is 68.9 Å². The Morgan fingerprint density at radius 2 is 1.52 bits per heavy atom. The summed E-state index contributed by atoms with van der Waals surface area (Å²) in [5.74, 6) is 1.95. The molecule has 7 unspecified atom stereocenters. The lowest BCUT2D eigenvalue weighted by atomic mass is 10.0. The normalized spacial score (nSPS) is 20.6. The Labute approximate surface area is 360 Å². The quantitative estimate of drug-likeness (QED) is 0.0850. The molecule has 0 bridgehead atoms. The lowest BCUT2D eigenvalue weighted by molar-refractivity contribution is -0.137. The van der Waals surface area contributed by atoms with Gasteiger partial charge in [-0.25, -0.2) is 19.6 Å². The van der Waals surface area contributed by atoms with Crippen molar-refractivity contribution in [1.29, 1.82) is 0 Å². The van der Waals surface area contributed by atoms with Crippen LogP contribution in [0.1, 0.15) is 89.8 Å². The maximum absolute atomic E-state index is 13.8. The third-order valence-electron chi connectivity index (χ3n) is 12.7. The molecular formula is C45H57N9O8. The Bertz CT molecular complexity index is 2420. The van der Waals surface area contributed by atoms with Gasteiger partial charge in [0.15, 0.2) is 6.23 Å². The number of hydrogen-bond donors (Lipinski definition) is 5. The first-order chi connectivity index (χ1) is 29.9. The maximum Gasteiger partial charge on any atom is 0.407 e. The highest BCUT2D eigenvalue weighted by atomic mass is 16.5. The number of methoxy groups -OCH3 is 3. The molecule has 3 aliphatic rings. The van der Waals surface area contributed by atoms with E-state index in [4.69, 9.17) is 28.9 Å². The van der Waals surface area contributed by atoms with Crippen LogP contribution in [0.3, 0.4) is 0 Å². The van der Waals surface area contributed by atoms with Crippen LogP contribution in [0, 0.1) is 5.92 Å². The van der Waals surface area contributed by atoms with Gasteiger partial charge < -0.3 is 54.1 Å². The summed E-state index contributed by atoms with van der Waals surface area (Å²) in [6, 6.07) is 12.9. The number of aliphatic hydroxyl groups excluding tert-OH is 1. The van der Waals surface area contributed by atoms with Crippen LogP contribution in [-0.4, -0.2) is 116 Å². The number of ether oxygens (including phenoxy) is 4. The highest BCUT2D eigenvalue weighted by Gasteiger charge is 2.40. The number of carbonyl (C=O) groups is 3. The second-order valence-electron chi connectivity index (χ2n) is 16.7. The Kier molecular flexibility index (Phi) is 12.3. The van der Waals surface area contributed by atoms with E-state index < -0.39 is 36.6 Å². The molecule has 2 saturated heterocycles. The number of amides is 3. The van der Waals surface area contributed by atoms with Gasteiger partial charge in [0.1, 0.15) is 29.7 Å². The highest BCUT2D eigenvalue weighted by molar-refractivity contribution is 5.92.